The molecule has 0 saturated carbocycles. The summed E-state index contributed by atoms with van der Waals surface area (Å²) < 4.78 is 5.34. The second-order valence-corrected chi connectivity index (χ2v) is 6.61. The average Bonchev–Trinajstić information content (AvgIpc) is 2.60. The standard InChI is InChI=1S/C21H26N2O3/c1-14(2)17-7-9-18(10-8-17)22-21(25)13-23(16(4)24)19-12-15(3)6-11-20(19)26-5/h6-12,14H,13H2,1-5H3,(H,22,25). The number of hydrogen-bond donors (Lipinski definition) is 1. The zero-order chi connectivity index (χ0) is 19.3. The van der Waals surface area contributed by atoms with E-state index in [2.05, 4.69) is 19.2 Å². The number of methoxy groups -OCH3 is 1. The maximum atomic E-state index is 12.5. The molecule has 0 bridgehead atoms. The molecule has 0 unspecified atom stereocenters. The van der Waals surface area contributed by atoms with Gasteiger partial charge < -0.3 is 10.1 Å². The van der Waals surface area contributed by atoms with Crippen molar-refractivity contribution in [2.75, 3.05) is 23.9 Å². The van der Waals surface area contributed by atoms with Gasteiger partial charge in [0.2, 0.25) is 11.8 Å². The van der Waals surface area contributed by atoms with Crippen LogP contribution in [0, 0.1) is 6.92 Å². The average molecular weight is 354 g/mol. The molecule has 2 aromatic carbocycles. The predicted octanol–water partition coefficient (Wildman–Crippen LogP) is 4.12. The van der Waals surface area contributed by atoms with Crippen molar-refractivity contribution < 1.29 is 14.3 Å². The predicted molar refractivity (Wildman–Crippen MR) is 105 cm³/mol. The highest BCUT2D eigenvalue weighted by molar-refractivity contribution is 6.02. The fourth-order valence-electron chi connectivity index (χ4n) is 2.67. The Bertz CT molecular complexity index is 782. The van der Waals surface area contributed by atoms with Crippen LogP contribution in [0.3, 0.4) is 0 Å². The topological polar surface area (TPSA) is 58.6 Å². The summed E-state index contributed by atoms with van der Waals surface area (Å²) in [5, 5.41) is 2.84. The maximum absolute atomic E-state index is 12.5. The third-order valence-electron chi connectivity index (χ3n) is 4.17. The molecule has 0 spiro atoms. The number of anilines is 2. The number of nitrogens with zero attached hydrogens (tertiary/aromatic N) is 1. The van der Waals surface area contributed by atoms with E-state index < -0.39 is 0 Å². The lowest BCUT2D eigenvalue weighted by atomic mass is 10.0. The smallest absolute Gasteiger partial charge is 0.244 e. The molecule has 2 aromatic rings. The van der Waals surface area contributed by atoms with Crippen LogP contribution in [-0.4, -0.2) is 25.5 Å². The van der Waals surface area contributed by atoms with Crippen LogP contribution in [0.2, 0.25) is 0 Å². The lowest BCUT2D eigenvalue weighted by Gasteiger charge is -2.23. The number of amides is 2. The van der Waals surface area contributed by atoms with Crippen LogP contribution >= 0.6 is 0 Å². The Hall–Kier alpha value is -2.82. The Balaban J connectivity index is 2.16. The first-order valence-electron chi connectivity index (χ1n) is 8.64. The number of aryl methyl sites for hydroxylation is 1. The van der Waals surface area contributed by atoms with Crippen LogP contribution in [0.15, 0.2) is 42.5 Å². The van der Waals surface area contributed by atoms with Gasteiger partial charge in [-0.3, -0.25) is 14.5 Å². The zero-order valence-electron chi connectivity index (χ0n) is 16.0. The van der Waals surface area contributed by atoms with E-state index in [-0.39, 0.29) is 18.4 Å². The monoisotopic (exact) mass is 354 g/mol. The van der Waals surface area contributed by atoms with Crippen molar-refractivity contribution in [3.63, 3.8) is 0 Å². The summed E-state index contributed by atoms with van der Waals surface area (Å²) in [5.41, 5.74) is 3.49. The third-order valence-corrected chi connectivity index (χ3v) is 4.17. The SMILES string of the molecule is COc1ccc(C)cc1N(CC(=O)Nc1ccc(C(C)C)cc1)C(C)=O. The fraction of sp³-hybridized carbons (Fsp3) is 0.333. The summed E-state index contributed by atoms with van der Waals surface area (Å²) in [6, 6.07) is 13.3. The highest BCUT2D eigenvalue weighted by Gasteiger charge is 2.19. The number of rotatable bonds is 6. The summed E-state index contributed by atoms with van der Waals surface area (Å²) in [6.45, 7) is 7.52. The van der Waals surface area contributed by atoms with E-state index in [1.165, 1.54) is 17.4 Å². The molecule has 138 valence electrons. The summed E-state index contributed by atoms with van der Waals surface area (Å²) in [4.78, 5) is 26.0. The summed E-state index contributed by atoms with van der Waals surface area (Å²) in [7, 11) is 1.54. The molecule has 26 heavy (non-hydrogen) atoms. The number of carbonyl (C=O) groups excluding carboxylic acids is 2. The Morgan fingerprint density at radius 3 is 2.31 bits per heavy atom. The van der Waals surface area contributed by atoms with Gasteiger partial charge in [0.1, 0.15) is 12.3 Å². The van der Waals surface area contributed by atoms with Gasteiger partial charge in [0.25, 0.3) is 0 Å². The minimum Gasteiger partial charge on any atom is -0.495 e. The van der Waals surface area contributed by atoms with Crippen LogP contribution in [0.5, 0.6) is 5.75 Å². The molecule has 0 fully saturated rings. The molecule has 2 rings (SSSR count). The van der Waals surface area contributed by atoms with Crippen molar-refractivity contribution in [2.45, 2.75) is 33.6 Å². The molecule has 2 amide bonds. The van der Waals surface area contributed by atoms with E-state index in [1.807, 2.05) is 43.3 Å². The van der Waals surface area contributed by atoms with Crippen LogP contribution in [-0.2, 0) is 9.59 Å². The molecule has 0 heterocycles. The van der Waals surface area contributed by atoms with Gasteiger partial charge in [0.05, 0.1) is 12.8 Å². The lowest BCUT2D eigenvalue weighted by Crippen LogP contribution is -2.37. The van der Waals surface area contributed by atoms with Gasteiger partial charge in [-0.15, -0.1) is 0 Å². The molecule has 5 heteroatoms. The molecular formula is C21H26N2O3. The minimum absolute atomic E-state index is 0.0823. The van der Waals surface area contributed by atoms with E-state index in [4.69, 9.17) is 4.74 Å². The van der Waals surface area contributed by atoms with Crippen molar-refractivity contribution in [3.8, 4) is 5.75 Å². The first-order valence-corrected chi connectivity index (χ1v) is 8.64. The quantitative estimate of drug-likeness (QED) is 0.849. The second-order valence-electron chi connectivity index (χ2n) is 6.61. The van der Waals surface area contributed by atoms with E-state index in [9.17, 15) is 9.59 Å². The molecule has 0 aliphatic heterocycles. The van der Waals surface area contributed by atoms with Gasteiger partial charge in [-0.1, -0.05) is 32.0 Å². The van der Waals surface area contributed by atoms with Gasteiger partial charge in [-0.05, 0) is 48.2 Å². The van der Waals surface area contributed by atoms with Gasteiger partial charge in [-0.25, -0.2) is 0 Å². The molecule has 5 nitrogen and oxygen atoms in total. The van der Waals surface area contributed by atoms with E-state index in [0.717, 1.165) is 5.56 Å². The first-order chi connectivity index (χ1) is 12.3. The zero-order valence-corrected chi connectivity index (χ0v) is 16.0. The summed E-state index contributed by atoms with van der Waals surface area (Å²) in [6.07, 6.45) is 0. The number of benzene rings is 2. The van der Waals surface area contributed by atoms with Crippen molar-refractivity contribution in [3.05, 3.63) is 53.6 Å². The van der Waals surface area contributed by atoms with Crippen LogP contribution in [0.1, 0.15) is 37.8 Å². The molecule has 0 aliphatic rings. The Labute approximate surface area is 155 Å². The van der Waals surface area contributed by atoms with Gasteiger partial charge in [0.15, 0.2) is 0 Å². The largest absolute Gasteiger partial charge is 0.495 e. The Kier molecular flexibility index (Phi) is 6.39. The Morgan fingerprint density at radius 2 is 1.77 bits per heavy atom. The molecule has 0 saturated heterocycles. The molecular weight excluding hydrogens is 328 g/mol. The highest BCUT2D eigenvalue weighted by Crippen LogP contribution is 2.29. The maximum Gasteiger partial charge on any atom is 0.244 e. The highest BCUT2D eigenvalue weighted by atomic mass is 16.5. The molecule has 0 aliphatic carbocycles. The number of carbonyl (C=O) groups is 2. The van der Waals surface area contributed by atoms with Crippen molar-refractivity contribution in [1.82, 2.24) is 0 Å². The molecule has 0 radical (unpaired) electrons. The minimum atomic E-state index is -0.263. The van der Waals surface area contributed by atoms with Crippen LogP contribution in [0.4, 0.5) is 11.4 Å². The summed E-state index contributed by atoms with van der Waals surface area (Å²) in [5.74, 6) is 0.502. The number of hydrogen-bond acceptors (Lipinski definition) is 3. The van der Waals surface area contributed by atoms with Crippen molar-refractivity contribution in [2.24, 2.45) is 0 Å². The summed E-state index contributed by atoms with van der Waals surface area (Å²) >= 11 is 0. The number of ether oxygens (including phenoxy) is 1. The van der Waals surface area contributed by atoms with Gasteiger partial charge >= 0.3 is 0 Å². The Morgan fingerprint density at radius 1 is 1.12 bits per heavy atom. The van der Waals surface area contributed by atoms with Crippen LogP contribution in [0.25, 0.3) is 0 Å². The van der Waals surface area contributed by atoms with Crippen molar-refractivity contribution >= 4 is 23.2 Å². The van der Waals surface area contributed by atoms with Gasteiger partial charge in [-0.2, -0.15) is 0 Å². The van der Waals surface area contributed by atoms with E-state index in [1.54, 1.807) is 13.2 Å². The molecule has 0 atom stereocenters. The third kappa shape index (κ3) is 4.85. The molecule has 0 aromatic heterocycles. The van der Waals surface area contributed by atoms with Crippen molar-refractivity contribution in [1.29, 1.82) is 0 Å². The van der Waals surface area contributed by atoms with E-state index >= 15 is 0 Å². The normalized spacial score (nSPS) is 10.5. The van der Waals surface area contributed by atoms with E-state index in [0.29, 0.717) is 23.0 Å². The lowest BCUT2D eigenvalue weighted by molar-refractivity contribution is -0.120. The molecule has 1 N–H and O–H groups in total. The number of nitrogens with one attached hydrogen (secondary N) is 1. The van der Waals surface area contributed by atoms with Crippen LogP contribution < -0.4 is 15.0 Å². The first kappa shape index (κ1) is 19.5. The van der Waals surface area contributed by atoms with Gasteiger partial charge in [0, 0.05) is 12.6 Å². The fourth-order valence-corrected chi connectivity index (χ4v) is 2.67. The second kappa shape index (κ2) is 8.52.